The van der Waals surface area contributed by atoms with Crippen LogP contribution in [0.3, 0.4) is 0 Å². The van der Waals surface area contributed by atoms with Gasteiger partial charge in [-0.05, 0) is 84.6 Å². The number of hydrogen-bond donors (Lipinski definition) is 0. The molecule has 44 heavy (non-hydrogen) atoms. The van der Waals surface area contributed by atoms with E-state index in [1.807, 2.05) is 55.6 Å². The van der Waals surface area contributed by atoms with Gasteiger partial charge >= 0.3 is 17.9 Å². The Morgan fingerprint density at radius 3 is 1.66 bits per heavy atom. The molecule has 1 aliphatic heterocycles. The topological polar surface area (TPSA) is 111 Å². The molecule has 0 unspecified atom stereocenters. The van der Waals surface area contributed by atoms with E-state index in [0.717, 1.165) is 66.5 Å². The van der Waals surface area contributed by atoms with Crippen LogP contribution < -0.4 is 14.5 Å². The Morgan fingerprint density at radius 2 is 1.18 bits per heavy atom. The van der Waals surface area contributed by atoms with Crippen LogP contribution in [0.25, 0.3) is 22.3 Å². The summed E-state index contributed by atoms with van der Waals surface area (Å²) in [4.78, 5) is 49.7. The molecule has 1 aliphatic rings. The summed E-state index contributed by atoms with van der Waals surface area (Å²) < 4.78 is 15.0. The number of ether oxygens (including phenoxy) is 3. The van der Waals surface area contributed by atoms with Gasteiger partial charge in [0.25, 0.3) is 0 Å². The molecule has 0 atom stereocenters. The number of benzene rings is 2. The number of methoxy groups -OCH3 is 2. The van der Waals surface area contributed by atoms with E-state index in [-0.39, 0.29) is 17.3 Å². The maximum absolute atomic E-state index is 12.2. The summed E-state index contributed by atoms with van der Waals surface area (Å²) >= 11 is 0. The fourth-order valence-electron chi connectivity index (χ4n) is 5.28. The lowest BCUT2D eigenvalue weighted by atomic mass is 10.0. The number of aryl methyl sites for hydroxylation is 1. The summed E-state index contributed by atoms with van der Waals surface area (Å²) in [5.74, 6) is 0.648. The summed E-state index contributed by atoms with van der Waals surface area (Å²) in [5.41, 5.74) is 5.09. The van der Waals surface area contributed by atoms with Gasteiger partial charge in [-0.1, -0.05) is 6.07 Å². The molecule has 0 spiro atoms. The second-order valence-electron chi connectivity index (χ2n) is 10.5. The first-order chi connectivity index (χ1) is 21.2. The van der Waals surface area contributed by atoms with Crippen LogP contribution in [0.5, 0.6) is 5.75 Å². The van der Waals surface area contributed by atoms with Crippen molar-refractivity contribution in [3.05, 3.63) is 89.7 Å². The Labute approximate surface area is 256 Å². The molecule has 0 bridgehead atoms. The zero-order chi connectivity index (χ0) is 31.2. The SMILES string of the molecule is COC(=O)c1cc(C)cc(-c2ccc(N3CCCN(c4ccc(-c5cc(OC(C)=O)cc(C(=O)OC)c5)cn4)CC3)nc2)c1. The van der Waals surface area contributed by atoms with Crippen molar-refractivity contribution >= 4 is 29.5 Å². The Hall–Kier alpha value is -5.25. The highest BCUT2D eigenvalue weighted by Crippen LogP contribution is 2.29. The largest absolute Gasteiger partial charge is 0.465 e. The minimum Gasteiger partial charge on any atom is -0.465 e. The van der Waals surface area contributed by atoms with Crippen LogP contribution >= 0.6 is 0 Å². The predicted molar refractivity (Wildman–Crippen MR) is 167 cm³/mol. The highest BCUT2D eigenvalue weighted by atomic mass is 16.5. The third kappa shape index (κ3) is 7.03. The van der Waals surface area contributed by atoms with Crippen molar-refractivity contribution in [1.82, 2.24) is 9.97 Å². The Balaban J connectivity index is 1.27. The fourth-order valence-corrected chi connectivity index (χ4v) is 5.28. The van der Waals surface area contributed by atoms with Crippen molar-refractivity contribution in [2.75, 3.05) is 50.2 Å². The number of carbonyl (C=O) groups is 3. The molecule has 10 heteroatoms. The van der Waals surface area contributed by atoms with E-state index in [9.17, 15) is 14.4 Å². The number of hydrogen-bond acceptors (Lipinski definition) is 10. The number of anilines is 2. The van der Waals surface area contributed by atoms with Gasteiger partial charge in [0, 0.05) is 56.6 Å². The Kier molecular flexibility index (Phi) is 9.18. The lowest BCUT2D eigenvalue weighted by Gasteiger charge is -2.23. The van der Waals surface area contributed by atoms with Crippen LogP contribution in [0.1, 0.15) is 39.6 Å². The van der Waals surface area contributed by atoms with Crippen molar-refractivity contribution in [3.8, 4) is 28.0 Å². The molecule has 10 nitrogen and oxygen atoms in total. The van der Waals surface area contributed by atoms with Gasteiger partial charge in [0.15, 0.2) is 0 Å². The van der Waals surface area contributed by atoms with Gasteiger partial charge < -0.3 is 24.0 Å². The van der Waals surface area contributed by atoms with Crippen LogP contribution in [0, 0.1) is 6.92 Å². The molecule has 226 valence electrons. The van der Waals surface area contributed by atoms with Crippen molar-refractivity contribution in [2.24, 2.45) is 0 Å². The molecular formula is C34H34N4O6. The second kappa shape index (κ2) is 13.4. The van der Waals surface area contributed by atoms with Crippen LogP contribution in [0.15, 0.2) is 73.1 Å². The molecule has 3 heterocycles. The molecule has 0 aliphatic carbocycles. The van der Waals surface area contributed by atoms with Gasteiger partial charge in [-0.2, -0.15) is 0 Å². The van der Waals surface area contributed by atoms with Gasteiger partial charge in [-0.3, -0.25) is 4.79 Å². The standard InChI is InChI=1S/C34H34N4O6/c1-22-14-26(16-28(15-22)33(40)42-3)24-6-8-31(35-20-24)37-10-5-11-38(13-12-37)32-9-7-25(21-36-32)27-17-29(34(41)43-4)19-30(18-27)44-23(2)39/h6-9,14-21H,5,10-13H2,1-4H3. The van der Waals surface area contributed by atoms with Gasteiger partial charge in [-0.25, -0.2) is 19.6 Å². The molecule has 1 saturated heterocycles. The summed E-state index contributed by atoms with van der Waals surface area (Å²) in [6.07, 6.45) is 4.53. The van der Waals surface area contributed by atoms with Crippen molar-refractivity contribution in [1.29, 1.82) is 0 Å². The zero-order valence-electron chi connectivity index (χ0n) is 25.2. The maximum Gasteiger partial charge on any atom is 0.338 e. The summed E-state index contributed by atoms with van der Waals surface area (Å²) in [5, 5.41) is 0. The van der Waals surface area contributed by atoms with Crippen molar-refractivity contribution in [2.45, 2.75) is 20.3 Å². The minimum atomic E-state index is -0.522. The first-order valence-electron chi connectivity index (χ1n) is 14.3. The van der Waals surface area contributed by atoms with Crippen LogP contribution in [-0.2, 0) is 14.3 Å². The molecule has 0 N–H and O–H groups in total. The predicted octanol–water partition coefficient (Wildman–Crippen LogP) is 5.33. The molecule has 0 radical (unpaired) electrons. The first kappa shape index (κ1) is 30.2. The first-order valence-corrected chi connectivity index (χ1v) is 14.3. The average molecular weight is 595 g/mol. The highest BCUT2D eigenvalue weighted by molar-refractivity contribution is 5.92. The number of esters is 3. The normalized spacial score (nSPS) is 13.2. The third-order valence-corrected chi connectivity index (χ3v) is 7.39. The van der Waals surface area contributed by atoms with Crippen molar-refractivity contribution in [3.63, 3.8) is 0 Å². The lowest BCUT2D eigenvalue weighted by molar-refractivity contribution is -0.131. The molecule has 2 aromatic carbocycles. The minimum absolute atomic E-state index is 0.263. The van der Waals surface area contributed by atoms with E-state index in [1.165, 1.54) is 27.2 Å². The van der Waals surface area contributed by atoms with E-state index < -0.39 is 11.9 Å². The van der Waals surface area contributed by atoms with Gasteiger partial charge in [0.05, 0.1) is 25.3 Å². The van der Waals surface area contributed by atoms with Crippen molar-refractivity contribution < 1.29 is 28.6 Å². The number of carbonyl (C=O) groups excluding carboxylic acids is 3. The molecule has 0 amide bonds. The van der Waals surface area contributed by atoms with E-state index in [0.29, 0.717) is 11.1 Å². The summed E-state index contributed by atoms with van der Waals surface area (Å²) in [6, 6.07) is 18.5. The average Bonchev–Trinajstić information content (AvgIpc) is 3.30. The van der Waals surface area contributed by atoms with E-state index in [4.69, 9.17) is 24.2 Å². The fraction of sp³-hybridized carbons (Fsp3) is 0.265. The smallest absolute Gasteiger partial charge is 0.338 e. The molecule has 5 rings (SSSR count). The molecule has 4 aromatic rings. The summed E-state index contributed by atoms with van der Waals surface area (Å²) in [7, 11) is 2.68. The maximum atomic E-state index is 12.2. The molecule has 2 aromatic heterocycles. The van der Waals surface area contributed by atoms with E-state index >= 15 is 0 Å². The summed E-state index contributed by atoms with van der Waals surface area (Å²) in [6.45, 7) is 6.51. The van der Waals surface area contributed by atoms with Gasteiger partial charge in [0.2, 0.25) is 0 Å². The third-order valence-electron chi connectivity index (χ3n) is 7.39. The number of pyridine rings is 2. The number of aromatic nitrogens is 2. The Bertz CT molecular complexity index is 1670. The number of nitrogens with zero attached hydrogens (tertiary/aromatic N) is 4. The Morgan fingerprint density at radius 1 is 0.659 bits per heavy atom. The molecule has 0 saturated carbocycles. The van der Waals surface area contributed by atoms with Crippen LogP contribution in [0.4, 0.5) is 11.6 Å². The van der Waals surface area contributed by atoms with Crippen LogP contribution in [-0.4, -0.2) is 68.3 Å². The lowest BCUT2D eigenvalue weighted by Crippen LogP contribution is -2.31. The number of rotatable bonds is 7. The van der Waals surface area contributed by atoms with Crippen LogP contribution in [0.2, 0.25) is 0 Å². The molecular weight excluding hydrogens is 560 g/mol. The highest BCUT2D eigenvalue weighted by Gasteiger charge is 2.18. The second-order valence-corrected chi connectivity index (χ2v) is 10.5. The molecule has 1 fully saturated rings. The zero-order valence-corrected chi connectivity index (χ0v) is 25.2. The van der Waals surface area contributed by atoms with E-state index in [1.54, 1.807) is 18.3 Å². The van der Waals surface area contributed by atoms with Gasteiger partial charge in [0.1, 0.15) is 17.4 Å². The van der Waals surface area contributed by atoms with E-state index in [2.05, 4.69) is 9.80 Å². The van der Waals surface area contributed by atoms with Gasteiger partial charge in [-0.15, -0.1) is 0 Å². The quantitative estimate of drug-likeness (QED) is 0.206. The monoisotopic (exact) mass is 594 g/mol.